The van der Waals surface area contributed by atoms with E-state index < -0.39 is 10.2 Å². The third kappa shape index (κ3) is 4.09. The summed E-state index contributed by atoms with van der Waals surface area (Å²) in [6.45, 7) is 1.61. The lowest BCUT2D eigenvalue weighted by Crippen LogP contribution is -2.40. The number of nitrogens with one attached hydrogen (secondary N) is 1. The van der Waals surface area contributed by atoms with Crippen molar-refractivity contribution in [3.8, 4) is 0 Å². The SMILES string of the molecule is CNCCCN(C)S(=O)(=O)N(C)Cc1ccoc1. The molecule has 1 heterocycles. The Balaban J connectivity index is 2.56. The van der Waals surface area contributed by atoms with Crippen molar-refractivity contribution in [2.24, 2.45) is 0 Å². The molecule has 0 bridgehead atoms. The van der Waals surface area contributed by atoms with Crippen LogP contribution in [0.25, 0.3) is 0 Å². The zero-order chi connectivity index (χ0) is 13.6. The monoisotopic (exact) mass is 275 g/mol. The van der Waals surface area contributed by atoms with E-state index in [-0.39, 0.29) is 0 Å². The van der Waals surface area contributed by atoms with Crippen molar-refractivity contribution in [3.05, 3.63) is 24.2 Å². The summed E-state index contributed by atoms with van der Waals surface area (Å²) < 4.78 is 31.9. The maximum Gasteiger partial charge on any atom is 0.281 e. The van der Waals surface area contributed by atoms with E-state index in [1.54, 1.807) is 26.4 Å². The smallest absolute Gasteiger partial charge is 0.281 e. The van der Waals surface area contributed by atoms with Crippen LogP contribution in [-0.2, 0) is 16.8 Å². The van der Waals surface area contributed by atoms with Crippen LogP contribution in [-0.4, -0.2) is 51.3 Å². The third-order valence-corrected chi connectivity index (χ3v) is 4.56. The standard InChI is InChI=1S/C11H21N3O3S/c1-12-6-4-7-13(2)18(15,16)14(3)9-11-5-8-17-10-11/h5,8,10,12H,4,6-7,9H2,1-3H3. The quantitative estimate of drug-likeness (QED) is 0.702. The molecular formula is C11H21N3O3S. The van der Waals surface area contributed by atoms with Crippen LogP contribution in [0.1, 0.15) is 12.0 Å². The van der Waals surface area contributed by atoms with Gasteiger partial charge >= 0.3 is 0 Å². The van der Waals surface area contributed by atoms with Crippen LogP contribution in [0.3, 0.4) is 0 Å². The second-order valence-corrected chi connectivity index (χ2v) is 6.32. The van der Waals surface area contributed by atoms with Gasteiger partial charge in [0.05, 0.1) is 12.5 Å². The summed E-state index contributed by atoms with van der Waals surface area (Å²) in [4.78, 5) is 0. The van der Waals surface area contributed by atoms with E-state index in [0.717, 1.165) is 18.5 Å². The van der Waals surface area contributed by atoms with E-state index in [0.29, 0.717) is 13.1 Å². The number of hydrogen-bond acceptors (Lipinski definition) is 4. The number of hydrogen-bond donors (Lipinski definition) is 1. The molecule has 0 unspecified atom stereocenters. The highest BCUT2D eigenvalue weighted by molar-refractivity contribution is 7.86. The first-order valence-electron chi connectivity index (χ1n) is 5.81. The molecule has 0 saturated heterocycles. The molecule has 18 heavy (non-hydrogen) atoms. The van der Waals surface area contributed by atoms with Gasteiger partial charge in [-0.05, 0) is 26.1 Å². The third-order valence-electron chi connectivity index (χ3n) is 2.67. The molecule has 6 nitrogen and oxygen atoms in total. The fourth-order valence-electron chi connectivity index (χ4n) is 1.55. The Labute approximate surface area is 109 Å². The molecule has 1 N–H and O–H groups in total. The molecule has 1 aromatic rings. The maximum absolute atomic E-state index is 12.2. The molecule has 7 heteroatoms. The zero-order valence-electron chi connectivity index (χ0n) is 11.1. The number of nitrogens with zero attached hydrogens (tertiary/aromatic N) is 2. The first-order valence-corrected chi connectivity index (χ1v) is 7.21. The molecule has 0 aliphatic carbocycles. The molecule has 0 radical (unpaired) electrons. The Hall–Kier alpha value is -0.890. The maximum atomic E-state index is 12.2. The van der Waals surface area contributed by atoms with Gasteiger partial charge in [0.1, 0.15) is 0 Å². The minimum atomic E-state index is -3.40. The van der Waals surface area contributed by atoms with E-state index >= 15 is 0 Å². The average Bonchev–Trinajstić information content (AvgIpc) is 2.81. The predicted octanol–water partition coefficient (Wildman–Crippen LogP) is 0.498. The molecule has 0 atom stereocenters. The van der Waals surface area contributed by atoms with Crippen molar-refractivity contribution in [2.45, 2.75) is 13.0 Å². The van der Waals surface area contributed by atoms with E-state index in [4.69, 9.17) is 4.42 Å². The topological polar surface area (TPSA) is 65.8 Å². The first-order chi connectivity index (χ1) is 8.48. The molecule has 1 aromatic heterocycles. The first kappa shape index (κ1) is 15.2. The van der Waals surface area contributed by atoms with E-state index in [1.807, 2.05) is 7.05 Å². The van der Waals surface area contributed by atoms with Gasteiger partial charge in [0.2, 0.25) is 0 Å². The predicted molar refractivity (Wildman–Crippen MR) is 70.3 cm³/mol. The molecule has 0 aliphatic rings. The molecule has 0 fully saturated rings. The number of rotatable bonds is 8. The summed E-state index contributed by atoms with van der Waals surface area (Å²) in [7, 11) is 1.61. The van der Waals surface area contributed by atoms with Crippen LogP contribution in [0, 0.1) is 0 Å². The molecule has 1 rings (SSSR count). The van der Waals surface area contributed by atoms with E-state index in [1.165, 1.54) is 14.9 Å². The van der Waals surface area contributed by atoms with Crippen LogP contribution < -0.4 is 5.32 Å². The number of furan rings is 1. The largest absolute Gasteiger partial charge is 0.472 e. The fourth-order valence-corrected chi connectivity index (χ4v) is 2.70. The molecule has 0 aromatic carbocycles. The lowest BCUT2D eigenvalue weighted by Gasteiger charge is -2.23. The van der Waals surface area contributed by atoms with Gasteiger partial charge in [0.25, 0.3) is 10.2 Å². The Bertz CT molecular complexity index is 430. The van der Waals surface area contributed by atoms with Crippen molar-refractivity contribution in [2.75, 3.05) is 34.2 Å². The van der Waals surface area contributed by atoms with Crippen LogP contribution in [0.15, 0.2) is 23.0 Å². The van der Waals surface area contributed by atoms with Gasteiger partial charge in [0, 0.05) is 32.7 Å². The summed E-state index contributed by atoms with van der Waals surface area (Å²) in [5.74, 6) is 0. The summed E-state index contributed by atoms with van der Waals surface area (Å²) >= 11 is 0. The van der Waals surface area contributed by atoms with Crippen molar-refractivity contribution in [1.82, 2.24) is 13.9 Å². The fraction of sp³-hybridized carbons (Fsp3) is 0.636. The van der Waals surface area contributed by atoms with E-state index in [2.05, 4.69) is 5.32 Å². The summed E-state index contributed by atoms with van der Waals surface area (Å²) in [5, 5.41) is 2.99. The summed E-state index contributed by atoms with van der Waals surface area (Å²) in [5.41, 5.74) is 0.838. The molecule has 0 amide bonds. The van der Waals surface area contributed by atoms with Crippen molar-refractivity contribution >= 4 is 10.2 Å². The molecule has 0 aliphatic heterocycles. The van der Waals surface area contributed by atoms with Gasteiger partial charge in [-0.1, -0.05) is 0 Å². The van der Waals surface area contributed by atoms with Crippen molar-refractivity contribution in [3.63, 3.8) is 0 Å². The lowest BCUT2D eigenvalue weighted by atomic mass is 10.3. The van der Waals surface area contributed by atoms with Crippen LogP contribution in [0.5, 0.6) is 0 Å². The van der Waals surface area contributed by atoms with Crippen molar-refractivity contribution < 1.29 is 12.8 Å². The second kappa shape index (κ2) is 6.89. The molecule has 0 saturated carbocycles. The molecular weight excluding hydrogens is 254 g/mol. The van der Waals surface area contributed by atoms with Gasteiger partial charge < -0.3 is 9.73 Å². The second-order valence-electron chi connectivity index (χ2n) is 4.17. The summed E-state index contributed by atoms with van der Waals surface area (Å²) in [6.07, 6.45) is 3.87. The Morgan fingerprint density at radius 2 is 2.06 bits per heavy atom. The van der Waals surface area contributed by atoms with Gasteiger partial charge in [0.15, 0.2) is 0 Å². The average molecular weight is 275 g/mol. The summed E-state index contributed by atoms with van der Waals surface area (Å²) in [6, 6.07) is 1.76. The molecule has 104 valence electrons. The molecule has 0 spiro atoms. The Kier molecular flexibility index (Phi) is 5.80. The van der Waals surface area contributed by atoms with Gasteiger partial charge in [-0.3, -0.25) is 0 Å². The highest BCUT2D eigenvalue weighted by atomic mass is 32.2. The van der Waals surface area contributed by atoms with Crippen molar-refractivity contribution in [1.29, 1.82) is 0 Å². The highest BCUT2D eigenvalue weighted by Crippen LogP contribution is 2.10. The minimum Gasteiger partial charge on any atom is -0.472 e. The minimum absolute atomic E-state index is 0.315. The van der Waals surface area contributed by atoms with Crippen LogP contribution in [0.2, 0.25) is 0 Å². The van der Waals surface area contributed by atoms with Gasteiger partial charge in [-0.2, -0.15) is 17.0 Å². The van der Waals surface area contributed by atoms with Gasteiger partial charge in [-0.15, -0.1) is 0 Å². The normalized spacial score (nSPS) is 12.5. The van der Waals surface area contributed by atoms with Crippen LogP contribution in [0.4, 0.5) is 0 Å². The Morgan fingerprint density at radius 1 is 1.33 bits per heavy atom. The van der Waals surface area contributed by atoms with Gasteiger partial charge in [-0.25, -0.2) is 0 Å². The highest BCUT2D eigenvalue weighted by Gasteiger charge is 2.23. The lowest BCUT2D eigenvalue weighted by molar-refractivity contribution is 0.384. The van der Waals surface area contributed by atoms with E-state index in [9.17, 15) is 8.42 Å². The zero-order valence-corrected chi connectivity index (χ0v) is 11.9. The van der Waals surface area contributed by atoms with Crippen LogP contribution >= 0.6 is 0 Å². The Morgan fingerprint density at radius 3 is 2.61 bits per heavy atom.